The number of ether oxygens (including phenoxy) is 2. The van der Waals surface area contributed by atoms with Gasteiger partial charge in [0.05, 0.1) is 0 Å². The number of hydrogen-bond acceptors (Lipinski definition) is 4. The Morgan fingerprint density at radius 3 is 1.75 bits per heavy atom. The third kappa shape index (κ3) is 7.59. The van der Waals surface area contributed by atoms with Crippen LogP contribution in [0.5, 0.6) is 11.5 Å². The largest absolute Gasteiger partial charge is 0.573 e. The molecule has 1 heterocycles. The predicted octanol–water partition coefficient (Wildman–Crippen LogP) is 10.3. The lowest BCUT2D eigenvalue weighted by Gasteiger charge is -2.20. The summed E-state index contributed by atoms with van der Waals surface area (Å²) in [4.78, 5) is 8.47. The van der Waals surface area contributed by atoms with E-state index in [1.807, 2.05) is 0 Å². The Labute approximate surface area is 265 Å². The van der Waals surface area contributed by atoms with Crippen LogP contribution in [0.2, 0.25) is 0 Å². The van der Waals surface area contributed by atoms with Crippen LogP contribution in [-0.4, -0.2) is 16.3 Å². The van der Waals surface area contributed by atoms with Gasteiger partial charge in [-0.25, -0.2) is 31.9 Å². The Balaban J connectivity index is 1.36. The zero-order valence-electron chi connectivity index (χ0n) is 24.2. The highest BCUT2D eigenvalue weighted by molar-refractivity contribution is 5.73. The molecule has 0 fully saturated rings. The van der Waals surface area contributed by atoms with Crippen LogP contribution in [0.3, 0.4) is 0 Å². The van der Waals surface area contributed by atoms with E-state index in [1.165, 1.54) is 18.2 Å². The van der Waals surface area contributed by atoms with Crippen LogP contribution in [0.15, 0.2) is 91.8 Å². The van der Waals surface area contributed by atoms with Crippen molar-refractivity contribution in [3.05, 3.63) is 132 Å². The fourth-order valence-corrected chi connectivity index (χ4v) is 4.66. The second-order valence-corrected chi connectivity index (χ2v) is 10.2. The molecule has 5 rings (SSSR count). The summed E-state index contributed by atoms with van der Waals surface area (Å²) in [6, 6.07) is 8.94. The van der Waals surface area contributed by atoms with Crippen LogP contribution >= 0.6 is 0 Å². The Morgan fingerprint density at radius 1 is 0.625 bits per heavy atom. The molecule has 48 heavy (non-hydrogen) atoms. The number of hydrogen-bond donors (Lipinski definition) is 0. The lowest BCUT2D eigenvalue weighted by molar-refractivity contribution is -0.275. The third-order valence-corrected chi connectivity index (χ3v) is 6.87. The average molecular weight is 679 g/mol. The van der Waals surface area contributed by atoms with Gasteiger partial charge in [0.2, 0.25) is 0 Å². The molecule has 0 aliphatic carbocycles. The van der Waals surface area contributed by atoms with Crippen molar-refractivity contribution in [2.45, 2.75) is 25.3 Å². The smallest absolute Gasteiger partial charge is 0.429 e. The van der Waals surface area contributed by atoms with Crippen molar-refractivity contribution in [3.8, 4) is 45.1 Å². The number of rotatable bonds is 10. The lowest BCUT2D eigenvalue weighted by atomic mass is 9.97. The van der Waals surface area contributed by atoms with E-state index in [0.29, 0.717) is 36.2 Å². The molecule has 0 aliphatic rings. The van der Waals surface area contributed by atoms with Crippen molar-refractivity contribution in [3.63, 3.8) is 0 Å². The van der Waals surface area contributed by atoms with E-state index in [-0.39, 0.29) is 23.0 Å². The van der Waals surface area contributed by atoms with Crippen LogP contribution in [-0.2, 0) is 12.5 Å². The molecule has 0 saturated heterocycles. The van der Waals surface area contributed by atoms with E-state index in [0.717, 1.165) is 30.2 Å². The van der Waals surface area contributed by atoms with Gasteiger partial charge in [-0.3, -0.25) is 0 Å². The van der Waals surface area contributed by atoms with E-state index >= 15 is 8.78 Å². The number of benzene rings is 4. The van der Waals surface area contributed by atoms with E-state index in [9.17, 15) is 35.1 Å². The fourth-order valence-electron chi connectivity index (χ4n) is 4.66. The second-order valence-electron chi connectivity index (χ2n) is 10.2. The van der Waals surface area contributed by atoms with Gasteiger partial charge < -0.3 is 9.47 Å². The van der Waals surface area contributed by atoms with Crippen molar-refractivity contribution >= 4 is 0 Å². The fraction of sp³-hybridized carbons (Fsp3) is 0.118. The summed E-state index contributed by atoms with van der Waals surface area (Å²) in [6.07, 6.45) is -3.68. The molecule has 0 spiro atoms. The van der Waals surface area contributed by atoms with Crippen molar-refractivity contribution in [2.75, 3.05) is 0 Å². The number of aryl methyl sites for hydroxylation is 1. The number of allylic oxidation sites excluding steroid dienone is 1. The van der Waals surface area contributed by atoms with Gasteiger partial charge in [-0.15, -0.1) is 19.8 Å². The highest BCUT2D eigenvalue weighted by atomic mass is 19.4. The standard InChI is InChI=1S/C34H20F10N2O2/c1-2-3-4-18-16-45-32(46-17-18)20-6-9-23(26(36)12-20)19-5-8-24(25(35)11-19)21-13-28(38)31(29(39)14-21)33(40,41)47-22-7-10-30(27(37)15-22)48-34(42,43)44/h2,5-17H,1,3-4H2. The summed E-state index contributed by atoms with van der Waals surface area (Å²) in [5, 5.41) is 0. The molecule has 0 aliphatic heterocycles. The van der Waals surface area contributed by atoms with E-state index in [1.54, 1.807) is 18.5 Å². The number of nitrogens with zero attached hydrogens (tertiary/aromatic N) is 2. The molecule has 0 unspecified atom stereocenters. The zero-order chi connectivity index (χ0) is 34.8. The van der Waals surface area contributed by atoms with Gasteiger partial charge >= 0.3 is 12.5 Å². The van der Waals surface area contributed by atoms with Crippen LogP contribution < -0.4 is 9.47 Å². The summed E-state index contributed by atoms with van der Waals surface area (Å²) in [7, 11) is 0. The van der Waals surface area contributed by atoms with Crippen LogP contribution in [0.1, 0.15) is 17.5 Å². The number of alkyl halides is 5. The van der Waals surface area contributed by atoms with Gasteiger partial charge in [-0.05, 0) is 65.9 Å². The average Bonchev–Trinajstić information content (AvgIpc) is 3.00. The Morgan fingerprint density at radius 2 is 1.19 bits per heavy atom. The first-order valence-electron chi connectivity index (χ1n) is 13.8. The highest BCUT2D eigenvalue weighted by Crippen LogP contribution is 2.39. The number of aromatic nitrogens is 2. The van der Waals surface area contributed by atoms with Gasteiger partial charge in [-0.2, -0.15) is 8.78 Å². The second kappa shape index (κ2) is 13.4. The van der Waals surface area contributed by atoms with Crippen LogP contribution in [0.25, 0.3) is 33.6 Å². The van der Waals surface area contributed by atoms with Crippen LogP contribution in [0, 0.1) is 29.1 Å². The third-order valence-electron chi connectivity index (χ3n) is 6.87. The van der Waals surface area contributed by atoms with Gasteiger partial charge in [-0.1, -0.05) is 30.3 Å². The maximum atomic E-state index is 15.2. The minimum Gasteiger partial charge on any atom is -0.429 e. The topological polar surface area (TPSA) is 44.2 Å². The predicted molar refractivity (Wildman–Crippen MR) is 154 cm³/mol. The maximum absolute atomic E-state index is 15.2. The minimum atomic E-state index is -5.28. The summed E-state index contributed by atoms with van der Waals surface area (Å²) in [6.45, 7) is 3.65. The highest BCUT2D eigenvalue weighted by Gasteiger charge is 2.42. The molecule has 0 atom stereocenters. The summed E-state index contributed by atoms with van der Waals surface area (Å²) in [5.41, 5.74) is -1.60. The van der Waals surface area contributed by atoms with E-state index in [4.69, 9.17) is 0 Å². The molecule has 1 aromatic heterocycles. The molecule has 4 aromatic carbocycles. The Bertz CT molecular complexity index is 1960. The van der Waals surface area contributed by atoms with Crippen LogP contribution in [0.4, 0.5) is 43.9 Å². The first-order valence-corrected chi connectivity index (χ1v) is 13.8. The van der Waals surface area contributed by atoms with Crippen molar-refractivity contribution in [2.24, 2.45) is 0 Å². The first kappa shape index (κ1) is 33.9. The van der Waals surface area contributed by atoms with Gasteiger partial charge in [0.15, 0.2) is 17.4 Å². The Kier molecular flexibility index (Phi) is 9.46. The Hall–Kier alpha value is -5.40. The molecule has 0 saturated carbocycles. The first-order chi connectivity index (χ1) is 22.6. The maximum Gasteiger partial charge on any atom is 0.573 e. The molecule has 14 heteroatoms. The SMILES string of the molecule is C=CCCc1cnc(-c2ccc(-c3ccc(-c4cc(F)c(C(F)(F)Oc5ccc(OC(F)(F)F)c(F)c5)c(F)c4)c(F)c3)c(F)c2)nc1. The molecule has 0 bridgehead atoms. The molecule has 248 valence electrons. The van der Waals surface area contributed by atoms with E-state index in [2.05, 4.69) is 26.0 Å². The molecule has 4 nitrogen and oxygen atoms in total. The van der Waals surface area contributed by atoms with Gasteiger partial charge in [0, 0.05) is 35.2 Å². The van der Waals surface area contributed by atoms with Gasteiger partial charge in [0.25, 0.3) is 0 Å². The summed E-state index contributed by atoms with van der Waals surface area (Å²) in [5.74, 6) is -9.50. The number of halogens is 10. The van der Waals surface area contributed by atoms with Crippen molar-refractivity contribution in [1.29, 1.82) is 0 Å². The van der Waals surface area contributed by atoms with Crippen molar-refractivity contribution < 1.29 is 53.4 Å². The zero-order valence-corrected chi connectivity index (χ0v) is 24.2. The quantitative estimate of drug-likeness (QED) is 0.109. The lowest BCUT2D eigenvalue weighted by Crippen LogP contribution is -2.25. The molecule has 0 radical (unpaired) electrons. The minimum absolute atomic E-state index is 0.0225. The summed E-state index contributed by atoms with van der Waals surface area (Å²) < 4.78 is 148. The molecule has 0 N–H and O–H groups in total. The van der Waals surface area contributed by atoms with Gasteiger partial charge in [0.1, 0.15) is 34.6 Å². The van der Waals surface area contributed by atoms with E-state index < -0.39 is 69.7 Å². The molecule has 5 aromatic rings. The summed E-state index contributed by atoms with van der Waals surface area (Å²) >= 11 is 0. The molecule has 0 amide bonds. The normalized spacial score (nSPS) is 11.8. The molecular weight excluding hydrogens is 658 g/mol. The van der Waals surface area contributed by atoms with Crippen molar-refractivity contribution in [1.82, 2.24) is 9.97 Å². The molecular formula is C34H20F10N2O2. The monoisotopic (exact) mass is 678 g/mol.